The summed E-state index contributed by atoms with van der Waals surface area (Å²) in [6, 6.07) is 18.0. The Morgan fingerprint density at radius 1 is 1.10 bits per heavy atom. The van der Waals surface area contributed by atoms with E-state index in [1.807, 2.05) is 19.9 Å². The normalized spacial score (nSPS) is 15.5. The maximum absolute atomic E-state index is 15.3. The number of nitrogens with zero attached hydrogens (tertiary/aromatic N) is 5. The van der Waals surface area contributed by atoms with Crippen molar-refractivity contribution in [1.29, 1.82) is 0 Å². The summed E-state index contributed by atoms with van der Waals surface area (Å²) < 4.78 is 25.0. The summed E-state index contributed by atoms with van der Waals surface area (Å²) in [7, 11) is 0. The van der Waals surface area contributed by atoms with Gasteiger partial charge in [0.05, 0.1) is 24.0 Å². The fraction of sp³-hybridized carbons (Fsp3) is 0.250. The fourth-order valence-corrected chi connectivity index (χ4v) is 6.31. The molecule has 11 nitrogen and oxygen atoms in total. The van der Waals surface area contributed by atoms with Gasteiger partial charge < -0.3 is 20.7 Å². The van der Waals surface area contributed by atoms with Crippen LogP contribution in [0.3, 0.4) is 0 Å². The Kier molecular flexibility index (Phi) is 8.53. The Hall–Kier alpha value is -5.30. The highest BCUT2D eigenvalue weighted by molar-refractivity contribution is 9.10. The molecular formula is C36H33BrFN7O4. The molecule has 2 aromatic heterocycles. The van der Waals surface area contributed by atoms with E-state index >= 15 is 4.39 Å². The lowest BCUT2D eigenvalue weighted by molar-refractivity contribution is 0.0610. The first kappa shape index (κ1) is 32.3. The number of hydrogen-bond donors (Lipinski definition) is 2. The summed E-state index contributed by atoms with van der Waals surface area (Å²) in [5, 5.41) is 2.83. The van der Waals surface area contributed by atoms with Crippen molar-refractivity contribution in [2.75, 3.05) is 5.73 Å². The number of aromatic nitrogens is 4. The van der Waals surface area contributed by atoms with Gasteiger partial charge in [0.15, 0.2) is 5.82 Å². The summed E-state index contributed by atoms with van der Waals surface area (Å²) in [6.07, 6.45) is 3.66. The minimum atomic E-state index is -0.617. The van der Waals surface area contributed by atoms with Crippen molar-refractivity contribution in [2.45, 2.75) is 58.5 Å². The molecule has 3 N–H and O–H groups in total. The van der Waals surface area contributed by atoms with E-state index in [9.17, 15) is 14.4 Å². The molecule has 7 rings (SSSR count). The third-order valence-electron chi connectivity index (χ3n) is 8.81. The highest BCUT2D eigenvalue weighted by Crippen LogP contribution is 2.30. The van der Waals surface area contributed by atoms with Gasteiger partial charge in [0, 0.05) is 46.5 Å². The summed E-state index contributed by atoms with van der Waals surface area (Å²) in [5.41, 5.74) is 8.24. The average molecular weight is 727 g/mol. The van der Waals surface area contributed by atoms with Crippen LogP contribution in [0.25, 0.3) is 17.1 Å². The summed E-state index contributed by atoms with van der Waals surface area (Å²) in [6.45, 7) is 3.73. The lowest BCUT2D eigenvalue weighted by atomic mass is 10.1. The topological polar surface area (TPSA) is 137 Å². The van der Waals surface area contributed by atoms with Crippen LogP contribution in [0, 0.1) is 12.7 Å². The van der Waals surface area contributed by atoms with Crippen LogP contribution in [-0.2, 0) is 19.6 Å². The predicted octanol–water partition coefficient (Wildman–Crippen LogP) is 5.40. The largest absolute Gasteiger partial charge is 0.490 e. The molecule has 1 aliphatic heterocycles. The zero-order chi connectivity index (χ0) is 34.4. The van der Waals surface area contributed by atoms with Gasteiger partial charge in [-0.15, -0.1) is 0 Å². The van der Waals surface area contributed by atoms with Gasteiger partial charge in [-0.2, -0.15) is 0 Å². The number of carbonyl (C=O) groups excluding carboxylic acids is 2. The average Bonchev–Trinajstić information content (AvgIpc) is 3.86. The number of anilines is 1. The van der Waals surface area contributed by atoms with Crippen LogP contribution in [0.5, 0.6) is 5.75 Å². The molecule has 1 unspecified atom stereocenters. The van der Waals surface area contributed by atoms with Gasteiger partial charge in [-0.1, -0.05) is 28.1 Å². The summed E-state index contributed by atoms with van der Waals surface area (Å²) in [5.74, 6) is -0.313. The molecule has 3 heterocycles. The quantitative estimate of drug-likeness (QED) is 0.219. The van der Waals surface area contributed by atoms with Crippen molar-refractivity contribution in [2.24, 2.45) is 0 Å². The first-order chi connectivity index (χ1) is 23.6. The van der Waals surface area contributed by atoms with Crippen LogP contribution < -0.4 is 21.5 Å². The van der Waals surface area contributed by atoms with Crippen molar-refractivity contribution in [1.82, 2.24) is 29.3 Å². The number of rotatable bonds is 8. The maximum Gasteiger partial charge on any atom is 0.333 e. The number of nitrogens with one attached hydrogen (secondary N) is 1. The number of benzene rings is 3. The van der Waals surface area contributed by atoms with E-state index in [0.29, 0.717) is 28.3 Å². The lowest BCUT2D eigenvalue weighted by Crippen LogP contribution is -2.47. The van der Waals surface area contributed by atoms with Crippen molar-refractivity contribution < 1.29 is 18.7 Å². The van der Waals surface area contributed by atoms with Crippen molar-refractivity contribution in [3.05, 3.63) is 122 Å². The number of nitrogens with two attached hydrogens (primary N) is 1. The van der Waals surface area contributed by atoms with E-state index in [0.717, 1.165) is 22.9 Å². The molecule has 3 aromatic carbocycles. The van der Waals surface area contributed by atoms with Gasteiger partial charge in [-0.25, -0.2) is 19.2 Å². The Morgan fingerprint density at radius 2 is 1.88 bits per heavy atom. The third kappa shape index (κ3) is 6.33. The molecule has 250 valence electrons. The second kappa shape index (κ2) is 13.0. The minimum Gasteiger partial charge on any atom is -0.490 e. The predicted molar refractivity (Wildman–Crippen MR) is 185 cm³/mol. The summed E-state index contributed by atoms with van der Waals surface area (Å²) in [4.78, 5) is 52.3. The van der Waals surface area contributed by atoms with Crippen LogP contribution in [0.2, 0.25) is 0 Å². The number of halogens is 2. The van der Waals surface area contributed by atoms with Gasteiger partial charge >= 0.3 is 5.69 Å². The van der Waals surface area contributed by atoms with E-state index in [4.69, 9.17) is 10.5 Å². The Bertz CT molecular complexity index is 2160. The maximum atomic E-state index is 15.3. The first-order valence-corrected chi connectivity index (χ1v) is 16.7. The molecule has 0 spiro atoms. The van der Waals surface area contributed by atoms with Crippen LogP contribution in [0.1, 0.15) is 57.4 Å². The Morgan fingerprint density at radius 3 is 2.59 bits per heavy atom. The molecular weight excluding hydrogens is 693 g/mol. The van der Waals surface area contributed by atoms with Crippen LogP contribution in [0.15, 0.2) is 82.2 Å². The molecule has 13 heteroatoms. The van der Waals surface area contributed by atoms with Gasteiger partial charge in [0.2, 0.25) is 0 Å². The number of nitrogen functional groups attached to an aromatic ring is 1. The minimum absolute atomic E-state index is 0.00502. The number of aryl methyl sites for hydroxylation is 1. The fourth-order valence-electron chi connectivity index (χ4n) is 6.06. The van der Waals surface area contributed by atoms with E-state index in [-0.39, 0.29) is 60.6 Å². The first-order valence-electron chi connectivity index (χ1n) is 15.9. The second-order valence-electron chi connectivity index (χ2n) is 12.3. The second-order valence-corrected chi connectivity index (χ2v) is 13.2. The molecule has 49 heavy (non-hydrogen) atoms. The van der Waals surface area contributed by atoms with Gasteiger partial charge in [-0.05, 0) is 86.8 Å². The molecule has 0 saturated heterocycles. The van der Waals surface area contributed by atoms with Crippen LogP contribution >= 0.6 is 15.9 Å². The van der Waals surface area contributed by atoms with Crippen molar-refractivity contribution >= 4 is 33.6 Å². The van der Waals surface area contributed by atoms with Crippen molar-refractivity contribution in [3.63, 3.8) is 0 Å². The molecule has 1 fully saturated rings. The molecule has 1 aliphatic carbocycles. The van der Waals surface area contributed by atoms with Crippen molar-refractivity contribution in [3.8, 4) is 22.8 Å². The number of hydrogen-bond acceptors (Lipinski definition) is 7. The number of carbonyl (C=O) groups is 2. The molecule has 1 saturated carbocycles. The van der Waals surface area contributed by atoms with E-state index < -0.39 is 17.4 Å². The number of fused-ring (bicyclic) bond motifs is 1. The lowest BCUT2D eigenvalue weighted by Gasteiger charge is -2.34. The van der Waals surface area contributed by atoms with Gasteiger partial charge in [0.1, 0.15) is 23.1 Å². The monoisotopic (exact) mass is 725 g/mol. The number of imidazole rings is 1. The van der Waals surface area contributed by atoms with E-state index in [1.165, 1.54) is 29.0 Å². The van der Waals surface area contributed by atoms with Crippen LogP contribution in [-0.4, -0.2) is 48.0 Å². The molecule has 5 aromatic rings. The molecule has 2 amide bonds. The van der Waals surface area contributed by atoms with Crippen LogP contribution in [0.4, 0.5) is 10.2 Å². The number of amides is 2. The number of ether oxygens (including phenoxy) is 1. The smallest absolute Gasteiger partial charge is 0.333 e. The standard InChI is InChI=1S/C36H33BrFN7O4/c1-20-16-22(6-13-28(20)37)35(47)43-19-30-32(34(46)41-17-27-26(4-3-5-29(27)38)33-40-15-14-31(39)42-33)45(36(48)44(30)18-21(43)2)23-7-9-24(10-8-23)49-25-11-12-25/h3-10,13-16,21,25H,11-12,17-19H2,1-2H3,(H,41,46)(H2,39,40,42). The highest BCUT2D eigenvalue weighted by Gasteiger charge is 2.35. The molecule has 2 aliphatic rings. The SMILES string of the molecule is Cc1cc(C(=O)N2Cc3c(C(=O)NCc4c(F)cccc4-c4nccc(N)n4)n(-c4ccc(OC5CC5)cc4)c(=O)n3CC2C)ccc1Br. The molecule has 0 radical (unpaired) electrons. The zero-order valence-corrected chi connectivity index (χ0v) is 28.4. The molecule has 0 bridgehead atoms. The van der Waals surface area contributed by atoms with E-state index in [2.05, 4.69) is 31.2 Å². The third-order valence-corrected chi connectivity index (χ3v) is 9.70. The highest BCUT2D eigenvalue weighted by atomic mass is 79.9. The van der Waals surface area contributed by atoms with Gasteiger partial charge in [-0.3, -0.25) is 18.7 Å². The van der Waals surface area contributed by atoms with E-state index in [1.54, 1.807) is 51.9 Å². The summed E-state index contributed by atoms with van der Waals surface area (Å²) >= 11 is 3.49. The Balaban J connectivity index is 1.27. The molecule has 1 atom stereocenters. The zero-order valence-electron chi connectivity index (χ0n) is 26.8. The van der Waals surface area contributed by atoms with Gasteiger partial charge in [0.25, 0.3) is 11.8 Å². The Labute approximate surface area is 289 Å².